The highest BCUT2D eigenvalue weighted by Gasteiger charge is 2.25. The molecule has 0 aliphatic carbocycles. The first-order valence-corrected chi connectivity index (χ1v) is 5.80. The van der Waals surface area contributed by atoms with Crippen molar-refractivity contribution in [2.24, 2.45) is 4.99 Å². The van der Waals surface area contributed by atoms with Crippen LogP contribution in [0.4, 0.5) is 11.4 Å². The molecule has 0 N–H and O–H groups in total. The van der Waals surface area contributed by atoms with Crippen molar-refractivity contribution >= 4 is 28.0 Å². The molecule has 0 spiro atoms. The predicted molar refractivity (Wildman–Crippen MR) is 67.6 cm³/mol. The van der Waals surface area contributed by atoms with Gasteiger partial charge in [0.25, 0.3) is 0 Å². The van der Waals surface area contributed by atoms with Crippen molar-refractivity contribution in [3.8, 4) is 0 Å². The monoisotopic (exact) mass is 208 g/mol. The minimum atomic E-state index is 1.12. The van der Waals surface area contributed by atoms with Crippen molar-refractivity contribution in [2.75, 3.05) is 11.4 Å². The maximum atomic E-state index is 4.77. The molecule has 0 aromatic heterocycles. The largest absolute Gasteiger partial charge is 0.329 e. The summed E-state index contributed by atoms with van der Waals surface area (Å²) in [5.41, 5.74) is 2.48. The lowest BCUT2D eigenvalue weighted by Gasteiger charge is -2.25. The second kappa shape index (κ2) is 2.85. The molecule has 0 saturated carbocycles. The van der Waals surface area contributed by atoms with Gasteiger partial charge in [0, 0.05) is 18.4 Å². The Morgan fingerprint density at radius 3 is 2.88 bits per heavy atom. The van der Waals surface area contributed by atoms with Crippen molar-refractivity contribution in [1.82, 2.24) is 0 Å². The van der Waals surface area contributed by atoms with Gasteiger partial charge < -0.3 is 4.90 Å². The van der Waals surface area contributed by atoms with E-state index in [1.807, 2.05) is 0 Å². The Morgan fingerprint density at radius 2 is 1.94 bits per heavy atom. The standard InChI is InChI=1S/C14H12N2/c1-4-10-5-2-7-12-14(10)11(6-1)15-13-8-3-9-16(12)13/h1-2,4-7H,3,8-9H2. The van der Waals surface area contributed by atoms with Gasteiger partial charge in [-0.2, -0.15) is 0 Å². The molecule has 16 heavy (non-hydrogen) atoms. The summed E-state index contributed by atoms with van der Waals surface area (Å²) >= 11 is 0. The number of nitrogens with zero attached hydrogens (tertiary/aromatic N) is 2. The summed E-state index contributed by atoms with van der Waals surface area (Å²) in [5.74, 6) is 1.24. The molecule has 0 bridgehead atoms. The molecule has 2 nitrogen and oxygen atoms in total. The van der Waals surface area contributed by atoms with E-state index >= 15 is 0 Å². The van der Waals surface area contributed by atoms with Gasteiger partial charge in [0.05, 0.1) is 11.4 Å². The molecule has 0 unspecified atom stereocenters. The fourth-order valence-corrected chi connectivity index (χ4v) is 2.79. The van der Waals surface area contributed by atoms with Gasteiger partial charge in [0.15, 0.2) is 0 Å². The lowest BCUT2D eigenvalue weighted by molar-refractivity contribution is 0.959. The van der Waals surface area contributed by atoms with Crippen LogP contribution >= 0.6 is 0 Å². The predicted octanol–water partition coefficient (Wildman–Crippen LogP) is 3.48. The Hall–Kier alpha value is -1.83. The van der Waals surface area contributed by atoms with E-state index < -0.39 is 0 Å². The lowest BCUT2D eigenvalue weighted by Crippen LogP contribution is -2.25. The Morgan fingerprint density at radius 1 is 1.06 bits per heavy atom. The van der Waals surface area contributed by atoms with E-state index in [9.17, 15) is 0 Å². The smallest absolute Gasteiger partial charge is 0.109 e. The van der Waals surface area contributed by atoms with Crippen molar-refractivity contribution in [3.63, 3.8) is 0 Å². The third kappa shape index (κ3) is 0.941. The Labute approximate surface area is 94.2 Å². The molecule has 2 heterocycles. The van der Waals surface area contributed by atoms with E-state index in [-0.39, 0.29) is 0 Å². The molecule has 2 aliphatic rings. The zero-order valence-corrected chi connectivity index (χ0v) is 8.98. The van der Waals surface area contributed by atoms with Crippen molar-refractivity contribution in [3.05, 3.63) is 36.4 Å². The number of benzene rings is 2. The first-order chi connectivity index (χ1) is 7.93. The van der Waals surface area contributed by atoms with Crippen molar-refractivity contribution < 1.29 is 0 Å². The van der Waals surface area contributed by atoms with E-state index in [0.29, 0.717) is 0 Å². The van der Waals surface area contributed by atoms with Gasteiger partial charge in [-0.3, -0.25) is 0 Å². The summed E-state index contributed by atoms with van der Waals surface area (Å²) in [6.45, 7) is 1.12. The number of hydrogen-bond donors (Lipinski definition) is 0. The number of aliphatic imine (C=N–C) groups is 1. The summed E-state index contributed by atoms with van der Waals surface area (Å²) in [6.07, 6.45) is 2.34. The van der Waals surface area contributed by atoms with Gasteiger partial charge in [0.1, 0.15) is 5.84 Å². The highest BCUT2D eigenvalue weighted by atomic mass is 15.2. The van der Waals surface area contributed by atoms with Gasteiger partial charge in [0.2, 0.25) is 0 Å². The number of anilines is 1. The van der Waals surface area contributed by atoms with Crippen molar-refractivity contribution in [2.45, 2.75) is 12.8 Å². The van der Waals surface area contributed by atoms with Gasteiger partial charge in [-0.15, -0.1) is 0 Å². The van der Waals surface area contributed by atoms with Gasteiger partial charge in [-0.25, -0.2) is 4.99 Å². The van der Waals surface area contributed by atoms with Crippen LogP contribution in [0.15, 0.2) is 41.4 Å². The third-order valence-electron chi connectivity index (χ3n) is 3.49. The average molecular weight is 208 g/mol. The molecule has 2 aliphatic heterocycles. The van der Waals surface area contributed by atoms with E-state index in [1.54, 1.807) is 0 Å². The van der Waals surface area contributed by atoms with Crippen LogP contribution in [0, 0.1) is 0 Å². The van der Waals surface area contributed by atoms with Crippen LogP contribution < -0.4 is 4.90 Å². The van der Waals surface area contributed by atoms with Crippen LogP contribution in [0.1, 0.15) is 12.8 Å². The lowest BCUT2D eigenvalue weighted by atomic mass is 10.0. The Kier molecular flexibility index (Phi) is 1.48. The maximum Gasteiger partial charge on any atom is 0.109 e. The molecule has 0 amide bonds. The minimum absolute atomic E-state index is 1.12. The fourth-order valence-electron chi connectivity index (χ4n) is 2.79. The highest BCUT2D eigenvalue weighted by Crippen LogP contribution is 2.40. The van der Waals surface area contributed by atoms with Gasteiger partial charge in [-0.1, -0.05) is 24.3 Å². The Bertz CT molecular complexity index is 608. The quantitative estimate of drug-likeness (QED) is 0.647. The molecule has 1 fully saturated rings. The molecule has 2 aromatic rings. The first kappa shape index (κ1) is 8.34. The topological polar surface area (TPSA) is 15.6 Å². The number of hydrogen-bond acceptors (Lipinski definition) is 2. The third-order valence-corrected chi connectivity index (χ3v) is 3.49. The number of rotatable bonds is 0. The van der Waals surface area contributed by atoms with Crippen LogP contribution in [0.2, 0.25) is 0 Å². The van der Waals surface area contributed by atoms with Gasteiger partial charge in [-0.05, 0) is 23.9 Å². The fraction of sp³-hybridized carbons (Fsp3) is 0.214. The highest BCUT2D eigenvalue weighted by molar-refractivity contribution is 6.15. The van der Waals surface area contributed by atoms with Crippen LogP contribution in [-0.4, -0.2) is 12.4 Å². The molecule has 4 rings (SSSR count). The SMILES string of the molecule is c1cc2c3c(cccc3c1)N1CCCC1=N2. The minimum Gasteiger partial charge on any atom is -0.329 e. The van der Waals surface area contributed by atoms with Crippen LogP contribution in [-0.2, 0) is 0 Å². The Balaban J connectivity index is 2.16. The van der Waals surface area contributed by atoms with E-state index in [4.69, 9.17) is 4.99 Å². The summed E-state index contributed by atoms with van der Waals surface area (Å²) in [7, 11) is 0. The first-order valence-electron chi connectivity index (χ1n) is 5.80. The molecule has 2 aromatic carbocycles. The van der Waals surface area contributed by atoms with Crippen LogP contribution in [0.25, 0.3) is 10.8 Å². The second-order valence-electron chi connectivity index (χ2n) is 4.44. The van der Waals surface area contributed by atoms with E-state index in [0.717, 1.165) is 18.7 Å². The normalized spacial score (nSPS) is 17.5. The molecular weight excluding hydrogens is 196 g/mol. The van der Waals surface area contributed by atoms with Gasteiger partial charge >= 0.3 is 0 Å². The zero-order chi connectivity index (χ0) is 10.5. The summed E-state index contributed by atoms with van der Waals surface area (Å²) in [6, 6.07) is 12.9. The average Bonchev–Trinajstić information content (AvgIpc) is 2.78. The number of amidine groups is 1. The van der Waals surface area contributed by atoms with Crippen LogP contribution in [0.5, 0.6) is 0 Å². The summed E-state index contributed by atoms with van der Waals surface area (Å²) < 4.78 is 0. The second-order valence-corrected chi connectivity index (χ2v) is 4.44. The van der Waals surface area contributed by atoms with E-state index in [2.05, 4.69) is 41.3 Å². The molecule has 2 heteroatoms. The summed E-state index contributed by atoms with van der Waals surface area (Å²) in [4.78, 5) is 7.14. The number of fused-ring (bicyclic) bond motifs is 2. The van der Waals surface area contributed by atoms with Crippen molar-refractivity contribution in [1.29, 1.82) is 0 Å². The molecule has 1 saturated heterocycles. The molecular formula is C14H12N2. The zero-order valence-electron chi connectivity index (χ0n) is 8.98. The molecule has 78 valence electrons. The molecule has 0 radical (unpaired) electrons. The van der Waals surface area contributed by atoms with E-state index in [1.165, 1.54) is 28.7 Å². The molecule has 0 atom stereocenters. The summed E-state index contributed by atoms with van der Waals surface area (Å²) in [5, 5.41) is 2.61. The maximum absolute atomic E-state index is 4.77. The van der Waals surface area contributed by atoms with Crippen LogP contribution in [0.3, 0.4) is 0 Å².